The first-order valence-corrected chi connectivity index (χ1v) is 9.22. The highest BCUT2D eigenvalue weighted by Gasteiger charge is 2.31. The molecule has 0 saturated heterocycles. The number of aromatic nitrogens is 1. The van der Waals surface area contributed by atoms with E-state index in [1.165, 1.54) is 0 Å². The monoisotopic (exact) mass is 433 g/mol. The highest BCUT2D eigenvalue weighted by atomic mass is 35.5. The van der Waals surface area contributed by atoms with Gasteiger partial charge in [0.05, 0.1) is 21.8 Å². The predicted molar refractivity (Wildman–Crippen MR) is 112 cm³/mol. The van der Waals surface area contributed by atoms with Crippen LogP contribution in [0.15, 0.2) is 65.9 Å². The molecule has 0 aliphatic carbocycles. The number of fused-ring (bicyclic) bond motifs is 2. The molecule has 0 saturated carbocycles. The molecule has 0 amide bonds. The lowest BCUT2D eigenvalue weighted by Gasteiger charge is -2.11. The van der Waals surface area contributed by atoms with Crippen molar-refractivity contribution in [1.82, 2.24) is 4.98 Å². The normalized spacial score (nSPS) is 12.2. The molecule has 0 spiro atoms. The van der Waals surface area contributed by atoms with Gasteiger partial charge in [-0.05, 0) is 16.8 Å². The first kappa shape index (κ1) is 19.5. The van der Waals surface area contributed by atoms with Crippen molar-refractivity contribution in [2.24, 2.45) is 5.10 Å². The van der Waals surface area contributed by atoms with Gasteiger partial charge in [0.15, 0.2) is 5.82 Å². The molecule has 1 N–H and O–H groups in total. The van der Waals surface area contributed by atoms with E-state index in [0.717, 1.165) is 33.2 Å². The molecule has 0 aliphatic rings. The van der Waals surface area contributed by atoms with E-state index in [9.17, 15) is 13.2 Å². The van der Waals surface area contributed by atoms with E-state index in [1.807, 2.05) is 48.5 Å². The van der Waals surface area contributed by atoms with Gasteiger partial charge in [-0.1, -0.05) is 71.7 Å². The van der Waals surface area contributed by atoms with Gasteiger partial charge in [0.1, 0.15) is 0 Å². The lowest BCUT2D eigenvalue weighted by atomic mass is 9.97. The van der Waals surface area contributed by atoms with Crippen LogP contribution in [0.3, 0.4) is 0 Å². The number of nitrogens with one attached hydrogen (secondary N) is 1. The van der Waals surface area contributed by atoms with Crippen LogP contribution >= 0.6 is 23.2 Å². The summed E-state index contributed by atoms with van der Waals surface area (Å²) in [5.41, 5.74) is 2.50. The zero-order valence-electron chi connectivity index (χ0n) is 14.6. The Balaban J connectivity index is 1.74. The highest BCUT2D eigenvalue weighted by Crippen LogP contribution is 2.35. The van der Waals surface area contributed by atoms with Crippen molar-refractivity contribution < 1.29 is 13.2 Å². The fourth-order valence-electron chi connectivity index (χ4n) is 3.08. The van der Waals surface area contributed by atoms with Gasteiger partial charge in [-0.25, -0.2) is 4.98 Å². The lowest BCUT2D eigenvalue weighted by Crippen LogP contribution is -2.06. The Kier molecular flexibility index (Phi) is 5.06. The molecule has 146 valence electrons. The molecular formula is C21H12Cl2F3N3. The number of rotatable bonds is 3. The van der Waals surface area contributed by atoms with E-state index >= 15 is 0 Å². The van der Waals surface area contributed by atoms with Crippen molar-refractivity contribution >= 4 is 56.8 Å². The minimum absolute atomic E-state index is 0.0264. The minimum Gasteiger partial charge on any atom is -0.260 e. The van der Waals surface area contributed by atoms with Crippen LogP contribution < -0.4 is 5.43 Å². The molecule has 0 atom stereocenters. The van der Waals surface area contributed by atoms with Gasteiger partial charge < -0.3 is 0 Å². The predicted octanol–water partition coefficient (Wildman–Crippen LogP) is 7.16. The van der Waals surface area contributed by atoms with Crippen LogP contribution in [0.5, 0.6) is 0 Å². The molecule has 1 aromatic heterocycles. The van der Waals surface area contributed by atoms with Gasteiger partial charge in [-0.3, -0.25) is 5.43 Å². The number of nitrogens with zero attached hydrogens (tertiary/aromatic N) is 2. The SMILES string of the molecule is FC(F)(F)c1cnc(N/N=C/c2c3ccccc3c(Cl)c3ccccc23)c(Cl)c1. The van der Waals surface area contributed by atoms with Crippen molar-refractivity contribution in [3.8, 4) is 0 Å². The van der Waals surface area contributed by atoms with Gasteiger partial charge >= 0.3 is 6.18 Å². The van der Waals surface area contributed by atoms with Gasteiger partial charge in [0.2, 0.25) is 0 Å². The van der Waals surface area contributed by atoms with Gasteiger partial charge in [-0.15, -0.1) is 0 Å². The molecule has 0 radical (unpaired) electrons. The second-order valence-electron chi connectivity index (χ2n) is 6.24. The maximum atomic E-state index is 12.7. The zero-order valence-corrected chi connectivity index (χ0v) is 16.1. The number of hydrogen-bond acceptors (Lipinski definition) is 3. The van der Waals surface area contributed by atoms with Crippen molar-refractivity contribution in [2.45, 2.75) is 6.18 Å². The zero-order chi connectivity index (χ0) is 20.6. The summed E-state index contributed by atoms with van der Waals surface area (Å²) >= 11 is 12.5. The Morgan fingerprint density at radius 2 is 1.45 bits per heavy atom. The van der Waals surface area contributed by atoms with Crippen molar-refractivity contribution in [2.75, 3.05) is 5.43 Å². The Labute approximate surface area is 173 Å². The average molecular weight is 434 g/mol. The first-order valence-electron chi connectivity index (χ1n) is 8.47. The maximum absolute atomic E-state index is 12.7. The molecule has 0 bridgehead atoms. The lowest BCUT2D eigenvalue weighted by molar-refractivity contribution is -0.137. The van der Waals surface area contributed by atoms with Crippen molar-refractivity contribution in [1.29, 1.82) is 0 Å². The summed E-state index contributed by atoms with van der Waals surface area (Å²) in [6, 6.07) is 16.1. The summed E-state index contributed by atoms with van der Waals surface area (Å²) in [4.78, 5) is 3.72. The van der Waals surface area contributed by atoms with Crippen LogP contribution in [0.1, 0.15) is 11.1 Å². The average Bonchev–Trinajstić information content (AvgIpc) is 2.71. The molecule has 1 heterocycles. The van der Waals surface area contributed by atoms with Crippen LogP contribution in [0.2, 0.25) is 10.0 Å². The quantitative estimate of drug-likeness (QED) is 0.211. The summed E-state index contributed by atoms with van der Waals surface area (Å²) < 4.78 is 38.2. The topological polar surface area (TPSA) is 37.3 Å². The molecule has 4 rings (SSSR count). The van der Waals surface area contributed by atoms with Crippen LogP contribution in [0.4, 0.5) is 19.0 Å². The number of halogens is 5. The largest absolute Gasteiger partial charge is 0.417 e. The van der Waals surface area contributed by atoms with E-state index in [0.29, 0.717) is 11.2 Å². The Hall–Kier alpha value is -2.83. The van der Waals surface area contributed by atoms with E-state index in [-0.39, 0.29) is 10.8 Å². The summed E-state index contributed by atoms with van der Waals surface area (Å²) in [5.74, 6) is 0.0264. The minimum atomic E-state index is -4.51. The number of hydrogen-bond donors (Lipinski definition) is 1. The summed E-state index contributed by atoms with van der Waals surface area (Å²) in [6.45, 7) is 0. The number of alkyl halides is 3. The molecule has 3 nitrogen and oxygen atoms in total. The number of hydrazone groups is 1. The van der Waals surface area contributed by atoms with Crippen molar-refractivity contribution in [3.63, 3.8) is 0 Å². The fourth-order valence-corrected chi connectivity index (χ4v) is 3.62. The fraction of sp³-hybridized carbons (Fsp3) is 0.0476. The van der Waals surface area contributed by atoms with Crippen LogP contribution in [0, 0.1) is 0 Å². The standard InChI is InChI=1S/C21H12Cl2F3N3/c22-18-9-12(21(24,25)26)10-27-20(18)29-28-11-17-13-5-1-3-7-15(13)19(23)16-8-4-2-6-14(16)17/h1-11H,(H,27,29)/b28-11+. The number of pyridine rings is 1. The van der Waals surface area contributed by atoms with Gasteiger partial charge in [0, 0.05) is 22.5 Å². The third kappa shape index (κ3) is 3.73. The molecule has 29 heavy (non-hydrogen) atoms. The smallest absolute Gasteiger partial charge is 0.260 e. The summed E-state index contributed by atoms with van der Waals surface area (Å²) in [5, 5.41) is 8.16. The molecule has 3 aromatic carbocycles. The second-order valence-corrected chi connectivity index (χ2v) is 7.03. The Bertz CT molecular complexity index is 1200. The Morgan fingerprint density at radius 3 is 1.97 bits per heavy atom. The molecule has 8 heteroatoms. The van der Waals surface area contributed by atoms with Crippen LogP contribution in [0.25, 0.3) is 21.5 Å². The van der Waals surface area contributed by atoms with Crippen LogP contribution in [-0.4, -0.2) is 11.2 Å². The number of benzene rings is 3. The molecule has 0 fully saturated rings. The Morgan fingerprint density at radius 1 is 0.897 bits per heavy atom. The third-order valence-corrected chi connectivity index (χ3v) is 5.14. The molecule has 4 aromatic rings. The van der Waals surface area contributed by atoms with E-state index in [4.69, 9.17) is 23.2 Å². The van der Waals surface area contributed by atoms with Crippen molar-refractivity contribution in [3.05, 3.63) is 82.0 Å². The van der Waals surface area contributed by atoms with Crippen LogP contribution in [-0.2, 0) is 6.18 Å². The second kappa shape index (κ2) is 7.54. The number of anilines is 1. The van der Waals surface area contributed by atoms with E-state index in [1.54, 1.807) is 6.21 Å². The molecular weight excluding hydrogens is 422 g/mol. The molecule has 0 unspecified atom stereocenters. The highest BCUT2D eigenvalue weighted by molar-refractivity contribution is 6.42. The van der Waals surface area contributed by atoms with Gasteiger partial charge in [-0.2, -0.15) is 18.3 Å². The van der Waals surface area contributed by atoms with E-state index in [2.05, 4.69) is 15.5 Å². The third-order valence-electron chi connectivity index (χ3n) is 4.44. The maximum Gasteiger partial charge on any atom is 0.417 e. The van der Waals surface area contributed by atoms with Gasteiger partial charge in [0.25, 0.3) is 0 Å². The molecule has 0 aliphatic heterocycles. The summed E-state index contributed by atoms with van der Waals surface area (Å²) in [6.07, 6.45) is -2.23. The van der Waals surface area contributed by atoms with E-state index < -0.39 is 11.7 Å². The first-order chi connectivity index (χ1) is 13.9. The summed E-state index contributed by atoms with van der Waals surface area (Å²) in [7, 11) is 0.